The van der Waals surface area contributed by atoms with Gasteiger partial charge in [-0.2, -0.15) is 0 Å². The second-order valence-corrected chi connectivity index (χ2v) is 7.09. The van der Waals surface area contributed by atoms with Crippen molar-refractivity contribution in [2.75, 3.05) is 23.9 Å². The lowest BCUT2D eigenvalue weighted by Gasteiger charge is -2.22. The van der Waals surface area contributed by atoms with Gasteiger partial charge >= 0.3 is 0 Å². The van der Waals surface area contributed by atoms with Gasteiger partial charge in [0.25, 0.3) is 0 Å². The maximum absolute atomic E-state index is 9.15. The first-order valence-electron chi connectivity index (χ1n) is 7.52. The molecule has 1 aromatic rings. The molecule has 1 aliphatic rings. The van der Waals surface area contributed by atoms with E-state index < -0.39 is 0 Å². The van der Waals surface area contributed by atoms with Gasteiger partial charge in [-0.25, -0.2) is 15.8 Å². The largest absolute Gasteiger partial charge is 0.396 e. The minimum absolute atomic E-state index is 0.141. The summed E-state index contributed by atoms with van der Waals surface area (Å²) in [7, 11) is 0. The molecule has 118 valence electrons. The van der Waals surface area contributed by atoms with Gasteiger partial charge in [0.1, 0.15) is 17.5 Å². The SMILES string of the molecule is Cc1c(NN)nc(C(C)(C)C)nc1NCC1(CCO)CC1. The topological polar surface area (TPSA) is 96.1 Å². The van der Waals surface area contributed by atoms with Gasteiger partial charge in [0, 0.05) is 24.1 Å². The van der Waals surface area contributed by atoms with Gasteiger partial charge in [0.05, 0.1) is 0 Å². The van der Waals surface area contributed by atoms with Crippen LogP contribution < -0.4 is 16.6 Å². The molecule has 21 heavy (non-hydrogen) atoms. The van der Waals surface area contributed by atoms with Crippen molar-refractivity contribution in [1.29, 1.82) is 0 Å². The maximum Gasteiger partial charge on any atom is 0.148 e. The van der Waals surface area contributed by atoms with Crippen LogP contribution in [0.3, 0.4) is 0 Å². The van der Waals surface area contributed by atoms with Crippen molar-refractivity contribution in [1.82, 2.24) is 9.97 Å². The molecule has 0 aromatic carbocycles. The molecule has 1 aliphatic carbocycles. The highest BCUT2D eigenvalue weighted by atomic mass is 16.3. The molecule has 0 saturated heterocycles. The summed E-state index contributed by atoms with van der Waals surface area (Å²) in [4.78, 5) is 9.15. The smallest absolute Gasteiger partial charge is 0.148 e. The van der Waals surface area contributed by atoms with Crippen LogP contribution in [0.25, 0.3) is 0 Å². The van der Waals surface area contributed by atoms with Crippen LogP contribution in [-0.4, -0.2) is 28.2 Å². The highest BCUT2D eigenvalue weighted by Gasteiger charge is 2.41. The lowest BCUT2D eigenvalue weighted by molar-refractivity contribution is 0.253. The summed E-state index contributed by atoms with van der Waals surface area (Å²) in [5.74, 6) is 7.82. The third kappa shape index (κ3) is 3.63. The molecule has 1 heterocycles. The Labute approximate surface area is 126 Å². The molecule has 6 nitrogen and oxygen atoms in total. The Bertz CT molecular complexity index is 506. The Balaban J connectivity index is 2.21. The first kappa shape index (κ1) is 16.0. The Morgan fingerprint density at radius 1 is 1.24 bits per heavy atom. The van der Waals surface area contributed by atoms with E-state index in [9.17, 15) is 0 Å². The zero-order chi connectivity index (χ0) is 15.7. The van der Waals surface area contributed by atoms with Gasteiger partial charge < -0.3 is 15.8 Å². The molecule has 0 aliphatic heterocycles. The van der Waals surface area contributed by atoms with E-state index in [1.165, 1.54) is 12.8 Å². The fraction of sp³-hybridized carbons (Fsp3) is 0.733. The number of nitrogen functional groups attached to an aromatic ring is 1. The minimum atomic E-state index is -0.141. The van der Waals surface area contributed by atoms with Crippen LogP contribution in [0.2, 0.25) is 0 Å². The monoisotopic (exact) mass is 293 g/mol. The molecule has 6 heteroatoms. The van der Waals surface area contributed by atoms with E-state index in [1.807, 2.05) is 6.92 Å². The molecule has 0 bridgehead atoms. The molecule has 5 N–H and O–H groups in total. The van der Waals surface area contributed by atoms with E-state index in [2.05, 4.69) is 41.5 Å². The Kier molecular flexibility index (Phi) is 4.39. The average molecular weight is 293 g/mol. The Morgan fingerprint density at radius 3 is 2.33 bits per heavy atom. The summed E-state index contributed by atoms with van der Waals surface area (Å²) < 4.78 is 0. The van der Waals surface area contributed by atoms with Crippen molar-refractivity contribution in [2.24, 2.45) is 11.3 Å². The molecule has 1 fully saturated rings. The Hall–Kier alpha value is -1.40. The molecule has 0 amide bonds. The van der Waals surface area contributed by atoms with Crippen molar-refractivity contribution in [3.8, 4) is 0 Å². The zero-order valence-corrected chi connectivity index (χ0v) is 13.5. The zero-order valence-electron chi connectivity index (χ0n) is 13.5. The molecule has 2 rings (SSSR count). The molecule has 0 radical (unpaired) electrons. The highest BCUT2D eigenvalue weighted by molar-refractivity contribution is 5.57. The van der Waals surface area contributed by atoms with Gasteiger partial charge in [0.2, 0.25) is 0 Å². The second-order valence-electron chi connectivity index (χ2n) is 7.09. The van der Waals surface area contributed by atoms with E-state index in [0.29, 0.717) is 5.82 Å². The number of nitrogens with two attached hydrogens (primary N) is 1. The molecule has 1 saturated carbocycles. The van der Waals surface area contributed by atoms with E-state index >= 15 is 0 Å². The minimum Gasteiger partial charge on any atom is -0.396 e. The molecule has 0 spiro atoms. The third-order valence-corrected chi connectivity index (χ3v) is 4.18. The third-order valence-electron chi connectivity index (χ3n) is 4.18. The number of aromatic nitrogens is 2. The Morgan fingerprint density at radius 2 is 1.86 bits per heavy atom. The van der Waals surface area contributed by atoms with E-state index in [1.54, 1.807) is 0 Å². The number of hydrogen-bond donors (Lipinski definition) is 4. The van der Waals surface area contributed by atoms with Crippen molar-refractivity contribution in [2.45, 2.75) is 52.4 Å². The fourth-order valence-electron chi connectivity index (χ4n) is 2.37. The number of nitrogens with one attached hydrogen (secondary N) is 2. The van der Waals surface area contributed by atoms with E-state index in [0.717, 1.165) is 30.2 Å². The highest BCUT2D eigenvalue weighted by Crippen LogP contribution is 2.48. The van der Waals surface area contributed by atoms with Crippen LogP contribution in [0.1, 0.15) is 51.4 Å². The summed E-state index contributed by atoms with van der Waals surface area (Å²) in [5.41, 5.74) is 3.68. The van der Waals surface area contributed by atoms with Crippen LogP contribution >= 0.6 is 0 Å². The van der Waals surface area contributed by atoms with Crippen molar-refractivity contribution in [3.05, 3.63) is 11.4 Å². The van der Waals surface area contributed by atoms with Gasteiger partial charge in [-0.1, -0.05) is 20.8 Å². The number of rotatable bonds is 6. The normalized spacial score (nSPS) is 16.7. The molecule has 0 atom stereocenters. The second kappa shape index (κ2) is 5.77. The summed E-state index contributed by atoms with van der Waals surface area (Å²) >= 11 is 0. The summed E-state index contributed by atoms with van der Waals surface area (Å²) in [5, 5.41) is 12.6. The summed E-state index contributed by atoms with van der Waals surface area (Å²) in [6.07, 6.45) is 3.18. The number of hydrazine groups is 1. The predicted octanol–water partition coefficient (Wildman–Crippen LogP) is 1.94. The first-order chi connectivity index (χ1) is 9.81. The van der Waals surface area contributed by atoms with Crippen LogP contribution in [0.15, 0.2) is 0 Å². The number of aliphatic hydroxyl groups excluding tert-OH is 1. The van der Waals surface area contributed by atoms with Gasteiger partial charge in [-0.15, -0.1) is 0 Å². The van der Waals surface area contributed by atoms with Gasteiger partial charge in [0.15, 0.2) is 0 Å². The van der Waals surface area contributed by atoms with Crippen molar-refractivity contribution >= 4 is 11.6 Å². The number of nitrogens with zero attached hydrogens (tertiary/aromatic N) is 2. The van der Waals surface area contributed by atoms with Gasteiger partial charge in [-0.3, -0.25) is 0 Å². The van der Waals surface area contributed by atoms with Crippen LogP contribution in [0.4, 0.5) is 11.6 Å². The van der Waals surface area contributed by atoms with Crippen molar-refractivity contribution in [3.63, 3.8) is 0 Å². The number of hydrogen-bond acceptors (Lipinski definition) is 6. The summed E-state index contributed by atoms with van der Waals surface area (Å²) in [6.45, 7) is 9.27. The molecule has 1 aromatic heterocycles. The fourth-order valence-corrected chi connectivity index (χ4v) is 2.37. The van der Waals surface area contributed by atoms with Crippen molar-refractivity contribution < 1.29 is 5.11 Å². The number of anilines is 2. The maximum atomic E-state index is 9.15. The summed E-state index contributed by atoms with van der Waals surface area (Å²) in [6, 6.07) is 0. The lowest BCUT2D eigenvalue weighted by Crippen LogP contribution is -2.23. The molecular formula is C15H27N5O. The number of aliphatic hydroxyl groups is 1. The predicted molar refractivity (Wildman–Crippen MR) is 85.1 cm³/mol. The first-order valence-corrected chi connectivity index (χ1v) is 7.52. The van der Waals surface area contributed by atoms with Crippen LogP contribution in [0.5, 0.6) is 0 Å². The molecule has 0 unspecified atom stereocenters. The lowest BCUT2D eigenvalue weighted by atomic mass is 9.95. The standard InChI is InChI=1S/C15H27N5O/c1-10-11(17-9-15(5-6-15)7-8-21)18-13(14(2,3)4)19-12(10)20-16/h21H,5-9,16H2,1-4H3,(H2,17,18,19,20). The quantitative estimate of drug-likeness (QED) is 0.473. The van der Waals surface area contributed by atoms with Gasteiger partial charge in [-0.05, 0) is 31.6 Å². The van der Waals surface area contributed by atoms with E-state index in [-0.39, 0.29) is 17.4 Å². The van der Waals surface area contributed by atoms with E-state index in [4.69, 9.17) is 10.9 Å². The molecular weight excluding hydrogens is 266 g/mol. The van der Waals surface area contributed by atoms with Crippen LogP contribution in [0, 0.1) is 12.3 Å². The van der Waals surface area contributed by atoms with Crippen LogP contribution in [-0.2, 0) is 5.41 Å². The average Bonchev–Trinajstić information content (AvgIpc) is 3.17.